The van der Waals surface area contributed by atoms with Gasteiger partial charge in [0, 0.05) is 11.8 Å². The van der Waals surface area contributed by atoms with Gasteiger partial charge in [0.1, 0.15) is 0 Å². The summed E-state index contributed by atoms with van der Waals surface area (Å²) in [7, 11) is 0. The monoisotopic (exact) mass is 364 g/mol. The van der Waals surface area contributed by atoms with E-state index in [1.807, 2.05) is 12.2 Å². The fourth-order valence-electron chi connectivity index (χ4n) is 6.89. The lowest BCUT2D eigenvalue weighted by Gasteiger charge is -2.56. The first-order chi connectivity index (χ1) is 12.9. The fraction of sp³-hybridized carbons (Fsp3) is 0.609. The molecule has 0 radical (unpaired) electrons. The minimum atomic E-state index is -0.213. The number of hydrogen-bond acceptors (Lipinski definition) is 3. The molecule has 0 aliphatic heterocycles. The predicted octanol–water partition coefficient (Wildman–Crippen LogP) is 4.50. The summed E-state index contributed by atoms with van der Waals surface area (Å²) >= 11 is 0. The Morgan fingerprint density at radius 1 is 1.11 bits per heavy atom. The maximum absolute atomic E-state index is 13.3. The van der Waals surface area contributed by atoms with Gasteiger partial charge in [0.2, 0.25) is 0 Å². The number of allylic oxidation sites excluding steroid dienone is 2. The molecule has 3 fully saturated rings. The summed E-state index contributed by atoms with van der Waals surface area (Å²) in [6.45, 7) is 4.60. The number of fused-ring (bicyclic) bond motifs is 5. The van der Waals surface area contributed by atoms with Crippen LogP contribution in [0.4, 0.5) is 0 Å². The maximum Gasteiger partial charge on any atom is 0.165 e. The molecule has 5 rings (SSSR count). The van der Waals surface area contributed by atoms with E-state index >= 15 is 0 Å². The lowest BCUT2D eigenvalue weighted by molar-refractivity contribution is -0.130. The van der Waals surface area contributed by atoms with Gasteiger partial charge in [0.05, 0.1) is 18.2 Å². The van der Waals surface area contributed by atoms with Gasteiger partial charge in [-0.15, -0.1) is 0 Å². The van der Waals surface area contributed by atoms with Crippen LogP contribution in [0.1, 0.15) is 64.5 Å². The second-order valence-electron chi connectivity index (χ2n) is 9.63. The molecule has 1 heterocycles. The number of imidazole rings is 1. The lowest BCUT2D eigenvalue weighted by atomic mass is 9.47. The minimum Gasteiger partial charge on any atom is -0.345 e. The molecule has 0 bridgehead atoms. The predicted molar refractivity (Wildman–Crippen MR) is 104 cm³/mol. The number of aromatic nitrogens is 2. The fourth-order valence-corrected chi connectivity index (χ4v) is 6.89. The first kappa shape index (κ1) is 17.2. The van der Waals surface area contributed by atoms with E-state index in [1.165, 1.54) is 5.57 Å². The maximum atomic E-state index is 13.3. The molecule has 4 heteroatoms. The Labute approximate surface area is 160 Å². The van der Waals surface area contributed by atoms with Gasteiger partial charge in [-0.1, -0.05) is 19.4 Å². The molecule has 1 N–H and O–H groups in total. The highest BCUT2D eigenvalue weighted by atomic mass is 16.1. The molecule has 3 saturated carbocycles. The second kappa shape index (κ2) is 5.76. The second-order valence-corrected chi connectivity index (χ2v) is 9.63. The minimum absolute atomic E-state index is 0.164. The van der Waals surface area contributed by atoms with E-state index in [4.69, 9.17) is 0 Å². The normalized spacial score (nSPS) is 42.5. The number of hydrogen-bond donors (Lipinski definition) is 1. The number of carbonyl (C=O) groups excluding carboxylic acids is 2. The number of nitrogens with one attached hydrogen (secondary N) is 1. The van der Waals surface area contributed by atoms with Gasteiger partial charge < -0.3 is 4.98 Å². The zero-order valence-corrected chi connectivity index (χ0v) is 16.3. The van der Waals surface area contributed by atoms with Crippen LogP contribution in [-0.2, 0) is 9.59 Å². The van der Waals surface area contributed by atoms with Crippen molar-refractivity contribution in [3.05, 3.63) is 35.4 Å². The van der Waals surface area contributed by atoms with Crippen molar-refractivity contribution in [2.24, 2.45) is 28.6 Å². The van der Waals surface area contributed by atoms with Crippen molar-refractivity contribution in [2.45, 2.75) is 58.8 Å². The van der Waals surface area contributed by atoms with Gasteiger partial charge in [0.25, 0.3) is 0 Å². The third-order valence-corrected chi connectivity index (χ3v) is 8.45. The molecule has 5 atom stereocenters. The number of aromatic amines is 1. The molecule has 142 valence electrons. The van der Waals surface area contributed by atoms with Gasteiger partial charge in [-0.05, 0) is 79.4 Å². The van der Waals surface area contributed by atoms with E-state index < -0.39 is 0 Å². The van der Waals surface area contributed by atoms with Gasteiger partial charge in [0.15, 0.2) is 11.6 Å². The Kier molecular flexibility index (Phi) is 3.66. The van der Waals surface area contributed by atoms with Crippen LogP contribution >= 0.6 is 0 Å². The van der Waals surface area contributed by atoms with E-state index in [1.54, 1.807) is 12.5 Å². The van der Waals surface area contributed by atoms with Crippen LogP contribution in [0.2, 0.25) is 0 Å². The largest absolute Gasteiger partial charge is 0.345 e. The smallest absolute Gasteiger partial charge is 0.165 e. The third-order valence-electron chi connectivity index (χ3n) is 8.45. The molecule has 1 aromatic heterocycles. The summed E-state index contributed by atoms with van der Waals surface area (Å²) in [5.41, 5.74) is 3.23. The molecule has 0 amide bonds. The van der Waals surface area contributed by atoms with Crippen LogP contribution in [0.25, 0.3) is 6.08 Å². The van der Waals surface area contributed by atoms with E-state index in [-0.39, 0.29) is 10.8 Å². The third kappa shape index (κ3) is 2.38. The first-order valence-corrected chi connectivity index (χ1v) is 10.4. The number of carbonyl (C=O) groups is 2. The van der Waals surface area contributed by atoms with Crippen LogP contribution in [-0.4, -0.2) is 21.5 Å². The van der Waals surface area contributed by atoms with Crippen LogP contribution in [0.5, 0.6) is 0 Å². The summed E-state index contributed by atoms with van der Waals surface area (Å²) < 4.78 is 0. The van der Waals surface area contributed by atoms with Gasteiger partial charge in [-0.2, -0.15) is 0 Å². The average Bonchev–Trinajstić information content (AvgIpc) is 3.24. The van der Waals surface area contributed by atoms with Crippen molar-refractivity contribution in [1.82, 2.24) is 9.97 Å². The molecule has 4 nitrogen and oxygen atoms in total. The van der Waals surface area contributed by atoms with Gasteiger partial charge in [-0.3, -0.25) is 9.59 Å². The van der Waals surface area contributed by atoms with Crippen molar-refractivity contribution in [3.63, 3.8) is 0 Å². The summed E-state index contributed by atoms with van der Waals surface area (Å²) in [5, 5.41) is 0. The highest BCUT2D eigenvalue weighted by Gasteiger charge is 2.60. The highest BCUT2D eigenvalue weighted by Crippen LogP contribution is 2.65. The Morgan fingerprint density at radius 3 is 2.74 bits per heavy atom. The van der Waals surface area contributed by atoms with E-state index in [0.717, 1.165) is 49.8 Å². The number of ketones is 2. The molecule has 1 aromatic rings. The quantitative estimate of drug-likeness (QED) is 0.746. The van der Waals surface area contributed by atoms with E-state index in [2.05, 4.69) is 23.8 Å². The number of H-pyrrole nitrogens is 1. The molecule has 4 aliphatic rings. The van der Waals surface area contributed by atoms with Crippen molar-refractivity contribution in [2.75, 3.05) is 0 Å². The Balaban J connectivity index is 1.49. The average molecular weight is 364 g/mol. The topological polar surface area (TPSA) is 62.8 Å². The zero-order chi connectivity index (χ0) is 18.8. The van der Waals surface area contributed by atoms with Crippen molar-refractivity contribution >= 4 is 17.6 Å². The number of Topliss-reactive ketones (excluding diaryl/α,β-unsaturated/α-hetero) is 1. The Hall–Kier alpha value is -1.97. The molecule has 3 unspecified atom stereocenters. The van der Waals surface area contributed by atoms with Crippen LogP contribution in [0.15, 0.2) is 29.7 Å². The van der Waals surface area contributed by atoms with Crippen LogP contribution in [0.3, 0.4) is 0 Å². The standard InChI is InChI=1S/C23H28N2O2/c1-22-7-5-17(26)11-15(22)3-4-18-19(22)6-8-23(2)20(18)10-14(21(23)27)9-16-12-24-13-25-16/h9,11-13,18-20H,3-8,10H2,1-2H3,(H,24,25)/b14-9+/t18?,19?,20?,22-,23-/m0/s1. The molecule has 27 heavy (non-hydrogen) atoms. The molecule has 0 aromatic carbocycles. The first-order valence-electron chi connectivity index (χ1n) is 10.4. The summed E-state index contributed by atoms with van der Waals surface area (Å²) in [6, 6.07) is 0. The summed E-state index contributed by atoms with van der Waals surface area (Å²) in [5.74, 6) is 2.31. The van der Waals surface area contributed by atoms with Crippen LogP contribution in [0, 0.1) is 28.6 Å². The Morgan fingerprint density at radius 2 is 1.96 bits per heavy atom. The van der Waals surface area contributed by atoms with Crippen molar-refractivity contribution in [1.29, 1.82) is 0 Å². The molecule has 0 saturated heterocycles. The molecule has 0 spiro atoms. The lowest BCUT2D eigenvalue weighted by Crippen LogP contribution is -2.50. The van der Waals surface area contributed by atoms with E-state index in [0.29, 0.717) is 35.7 Å². The highest BCUT2D eigenvalue weighted by molar-refractivity contribution is 6.05. The van der Waals surface area contributed by atoms with Crippen molar-refractivity contribution < 1.29 is 9.59 Å². The SMILES string of the molecule is C[C@]12CCC(=O)C=C1CCC1C2CC[C@]2(C)C(=O)/C(=C/c3cnc[nH]3)CC12. The van der Waals surface area contributed by atoms with Gasteiger partial charge in [-0.25, -0.2) is 4.98 Å². The van der Waals surface area contributed by atoms with E-state index in [9.17, 15) is 9.59 Å². The Bertz CT molecular complexity index is 865. The number of nitrogens with zero attached hydrogens (tertiary/aromatic N) is 1. The molecule has 4 aliphatic carbocycles. The zero-order valence-electron chi connectivity index (χ0n) is 16.3. The number of rotatable bonds is 1. The summed E-state index contributed by atoms with van der Waals surface area (Å²) in [4.78, 5) is 32.4. The molecular weight excluding hydrogens is 336 g/mol. The van der Waals surface area contributed by atoms with Crippen molar-refractivity contribution in [3.8, 4) is 0 Å². The summed E-state index contributed by atoms with van der Waals surface area (Å²) in [6.07, 6.45) is 14.2. The van der Waals surface area contributed by atoms with Gasteiger partial charge >= 0.3 is 0 Å². The molecular formula is C23H28N2O2. The van der Waals surface area contributed by atoms with Crippen LogP contribution < -0.4 is 0 Å².